The van der Waals surface area contributed by atoms with Crippen molar-refractivity contribution in [3.05, 3.63) is 30.3 Å². The number of hydrogen-bond donors (Lipinski definition) is 1. The van der Waals surface area contributed by atoms with Gasteiger partial charge in [0.25, 0.3) is 5.91 Å². The van der Waals surface area contributed by atoms with E-state index in [4.69, 9.17) is 4.74 Å². The van der Waals surface area contributed by atoms with Gasteiger partial charge in [0.05, 0.1) is 0 Å². The molecule has 2 saturated carbocycles. The van der Waals surface area contributed by atoms with Crippen molar-refractivity contribution < 1.29 is 9.53 Å². The van der Waals surface area contributed by atoms with Crippen LogP contribution >= 0.6 is 0 Å². The number of para-hydroxylation sites is 1. The van der Waals surface area contributed by atoms with Crippen LogP contribution in [0.25, 0.3) is 0 Å². The van der Waals surface area contributed by atoms with E-state index in [-0.39, 0.29) is 18.6 Å². The molecule has 1 aromatic carbocycles. The zero-order valence-corrected chi connectivity index (χ0v) is 12.0. The topological polar surface area (TPSA) is 38.3 Å². The third-order valence-corrected chi connectivity index (χ3v) is 4.94. The molecule has 108 valence electrons. The van der Waals surface area contributed by atoms with Crippen molar-refractivity contribution in [1.82, 2.24) is 5.32 Å². The number of ether oxygens (including phenoxy) is 1. The minimum atomic E-state index is -0.0101. The molecule has 0 aromatic heterocycles. The summed E-state index contributed by atoms with van der Waals surface area (Å²) in [6.45, 7) is 2.25. The molecule has 3 heteroatoms. The van der Waals surface area contributed by atoms with Crippen LogP contribution in [0.5, 0.6) is 5.75 Å². The molecule has 3 nitrogen and oxygen atoms in total. The van der Waals surface area contributed by atoms with E-state index in [1.165, 1.54) is 25.7 Å². The molecule has 1 amide bonds. The van der Waals surface area contributed by atoms with Crippen molar-refractivity contribution in [2.24, 2.45) is 17.8 Å². The summed E-state index contributed by atoms with van der Waals surface area (Å²) in [7, 11) is 0. The minimum absolute atomic E-state index is 0.0101. The standard InChI is InChI=1S/C17H23NO2/c1-12(16-10-13-7-8-14(16)9-13)18-17(19)11-20-15-5-3-2-4-6-15/h2-6,12-14,16H,7-11H2,1H3,(H,18,19)/t12-,13+,14+,16-/m0/s1. The van der Waals surface area contributed by atoms with Gasteiger partial charge in [-0.15, -0.1) is 0 Å². The van der Waals surface area contributed by atoms with Gasteiger partial charge in [-0.1, -0.05) is 24.6 Å². The fourth-order valence-corrected chi connectivity index (χ4v) is 3.97. The Morgan fingerprint density at radius 2 is 2.10 bits per heavy atom. The third kappa shape index (κ3) is 2.97. The number of carbonyl (C=O) groups is 1. The van der Waals surface area contributed by atoms with Crippen molar-refractivity contribution in [3.8, 4) is 5.75 Å². The maximum absolute atomic E-state index is 12.0. The maximum atomic E-state index is 12.0. The van der Waals surface area contributed by atoms with E-state index in [0.717, 1.165) is 17.6 Å². The van der Waals surface area contributed by atoms with Gasteiger partial charge in [0, 0.05) is 6.04 Å². The number of fused-ring (bicyclic) bond motifs is 2. The van der Waals surface area contributed by atoms with E-state index in [1.54, 1.807) is 0 Å². The summed E-state index contributed by atoms with van der Waals surface area (Å²) < 4.78 is 5.48. The van der Waals surface area contributed by atoms with E-state index in [1.807, 2.05) is 30.3 Å². The zero-order chi connectivity index (χ0) is 13.9. The fraction of sp³-hybridized carbons (Fsp3) is 0.588. The predicted molar refractivity (Wildman–Crippen MR) is 78.5 cm³/mol. The Balaban J connectivity index is 1.44. The van der Waals surface area contributed by atoms with E-state index in [0.29, 0.717) is 5.92 Å². The van der Waals surface area contributed by atoms with Crippen LogP contribution in [0.2, 0.25) is 0 Å². The monoisotopic (exact) mass is 273 g/mol. The summed E-state index contributed by atoms with van der Waals surface area (Å²) in [5.74, 6) is 3.17. The second-order valence-corrected chi connectivity index (χ2v) is 6.30. The summed E-state index contributed by atoms with van der Waals surface area (Å²) in [5, 5.41) is 3.11. The molecule has 0 heterocycles. The normalized spacial score (nSPS) is 29.1. The first kappa shape index (κ1) is 13.5. The van der Waals surface area contributed by atoms with Crippen molar-refractivity contribution in [2.45, 2.75) is 38.6 Å². The van der Waals surface area contributed by atoms with Gasteiger partial charge in [-0.05, 0) is 56.1 Å². The minimum Gasteiger partial charge on any atom is -0.484 e. The Morgan fingerprint density at radius 3 is 2.75 bits per heavy atom. The largest absolute Gasteiger partial charge is 0.484 e. The van der Waals surface area contributed by atoms with Crippen molar-refractivity contribution in [3.63, 3.8) is 0 Å². The summed E-state index contributed by atoms with van der Waals surface area (Å²) in [6.07, 6.45) is 5.44. The lowest BCUT2D eigenvalue weighted by Gasteiger charge is -2.28. The molecule has 2 bridgehead atoms. The van der Waals surface area contributed by atoms with Crippen LogP contribution in [0, 0.1) is 17.8 Å². The second-order valence-electron chi connectivity index (χ2n) is 6.30. The first-order valence-corrected chi connectivity index (χ1v) is 7.69. The van der Waals surface area contributed by atoms with Crippen molar-refractivity contribution >= 4 is 5.91 Å². The molecule has 0 unspecified atom stereocenters. The van der Waals surface area contributed by atoms with Gasteiger partial charge in [-0.25, -0.2) is 0 Å². The first-order valence-electron chi connectivity index (χ1n) is 7.69. The molecule has 1 N–H and O–H groups in total. The van der Waals surface area contributed by atoms with Crippen LogP contribution in [0.4, 0.5) is 0 Å². The highest BCUT2D eigenvalue weighted by molar-refractivity contribution is 5.77. The molecule has 20 heavy (non-hydrogen) atoms. The predicted octanol–water partition coefficient (Wildman–Crippen LogP) is 3.01. The molecule has 2 aliphatic rings. The molecule has 3 rings (SSSR count). The smallest absolute Gasteiger partial charge is 0.258 e. The molecule has 2 fully saturated rings. The lowest BCUT2D eigenvalue weighted by molar-refractivity contribution is -0.124. The Hall–Kier alpha value is -1.51. The second kappa shape index (κ2) is 5.86. The highest BCUT2D eigenvalue weighted by atomic mass is 16.5. The van der Waals surface area contributed by atoms with Gasteiger partial charge in [0.1, 0.15) is 5.75 Å². The molecular formula is C17H23NO2. The van der Waals surface area contributed by atoms with E-state index >= 15 is 0 Å². The number of amides is 1. The van der Waals surface area contributed by atoms with Gasteiger partial charge in [-0.3, -0.25) is 4.79 Å². The summed E-state index contributed by atoms with van der Waals surface area (Å²) in [5.41, 5.74) is 0. The average molecular weight is 273 g/mol. The number of benzene rings is 1. The zero-order valence-electron chi connectivity index (χ0n) is 12.0. The van der Waals surface area contributed by atoms with Crippen LogP contribution in [0.15, 0.2) is 30.3 Å². The summed E-state index contributed by atoms with van der Waals surface area (Å²) in [6, 6.07) is 9.76. The van der Waals surface area contributed by atoms with Gasteiger partial charge in [-0.2, -0.15) is 0 Å². The summed E-state index contributed by atoms with van der Waals surface area (Å²) in [4.78, 5) is 12.0. The molecule has 2 aliphatic carbocycles. The Morgan fingerprint density at radius 1 is 1.30 bits per heavy atom. The average Bonchev–Trinajstić information content (AvgIpc) is 3.09. The number of rotatable bonds is 5. The highest BCUT2D eigenvalue weighted by Gasteiger charge is 2.42. The maximum Gasteiger partial charge on any atom is 0.258 e. The van der Waals surface area contributed by atoms with Crippen molar-refractivity contribution in [2.75, 3.05) is 6.61 Å². The summed E-state index contributed by atoms with van der Waals surface area (Å²) >= 11 is 0. The van der Waals surface area contributed by atoms with E-state index in [9.17, 15) is 4.79 Å². The lowest BCUT2D eigenvalue weighted by Crippen LogP contribution is -2.42. The highest BCUT2D eigenvalue weighted by Crippen LogP contribution is 2.49. The molecule has 4 atom stereocenters. The van der Waals surface area contributed by atoms with Gasteiger partial charge >= 0.3 is 0 Å². The SMILES string of the molecule is C[C@H](NC(=O)COc1ccccc1)[C@@H]1C[C@@H]2CC[C@@H]1C2. The first-order chi connectivity index (χ1) is 9.72. The lowest BCUT2D eigenvalue weighted by atomic mass is 9.84. The number of hydrogen-bond acceptors (Lipinski definition) is 2. The fourth-order valence-electron chi connectivity index (χ4n) is 3.97. The quantitative estimate of drug-likeness (QED) is 0.895. The Kier molecular flexibility index (Phi) is 3.95. The molecule has 0 spiro atoms. The van der Waals surface area contributed by atoms with Crippen LogP contribution < -0.4 is 10.1 Å². The van der Waals surface area contributed by atoms with Gasteiger partial charge in [0.15, 0.2) is 6.61 Å². The van der Waals surface area contributed by atoms with Gasteiger partial charge in [0.2, 0.25) is 0 Å². The van der Waals surface area contributed by atoms with E-state index in [2.05, 4.69) is 12.2 Å². The Bertz CT molecular complexity index is 459. The number of nitrogens with one attached hydrogen (secondary N) is 1. The number of carbonyl (C=O) groups excluding carboxylic acids is 1. The molecule has 0 saturated heterocycles. The molecule has 0 radical (unpaired) electrons. The molecule has 0 aliphatic heterocycles. The van der Waals surface area contributed by atoms with Crippen LogP contribution in [-0.4, -0.2) is 18.6 Å². The van der Waals surface area contributed by atoms with E-state index < -0.39 is 0 Å². The van der Waals surface area contributed by atoms with Gasteiger partial charge < -0.3 is 10.1 Å². The van der Waals surface area contributed by atoms with Crippen LogP contribution in [-0.2, 0) is 4.79 Å². The van der Waals surface area contributed by atoms with Crippen LogP contribution in [0.1, 0.15) is 32.6 Å². The van der Waals surface area contributed by atoms with Crippen LogP contribution in [0.3, 0.4) is 0 Å². The Labute approximate surface area is 120 Å². The third-order valence-electron chi connectivity index (χ3n) is 4.94. The molecule has 1 aromatic rings. The van der Waals surface area contributed by atoms with Crippen molar-refractivity contribution in [1.29, 1.82) is 0 Å². The molecular weight excluding hydrogens is 250 g/mol.